The van der Waals surface area contributed by atoms with Crippen molar-refractivity contribution >= 4 is 33.3 Å². The van der Waals surface area contributed by atoms with Crippen LogP contribution in [0, 0.1) is 6.92 Å². The number of aromatic nitrogens is 1. The molecule has 3 N–H and O–H groups in total. The number of nitrogens with two attached hydrogens (primary N) is 1. The fourth-order valence-corrected chi connectivity index (χ4v) is 2.43. The van der Waals surface area contributed by atoms with Crippen molar-refractivity contribution in [3.05, 3.63) is 52.1 Å². The molecule has 21 heavy (non-hydrogen) atoms. The second-order valence-electron chi connectivity index (χ2n) is 4.58. The Balaban J connectivity index is 2.43. The van der Waals surface area contributed by atoms with Crippen molar-refractivity contribution < 1.29 is 4.79 Å². The molecule has 0 aliphatic heterocycles. The molecule has 2 rings (SSSR count). The largest absolute Gasteiger partial charge is 0.309 e. The summed E-state index contributed by atoms with van der Waals surface area (Å²) in [5.41, 5.74) is 4.84. The first-order valence-corrected chi connectivity index (χ1v) is 7.36. The van der Waals surface area contributed by atoms with Crippen LogP contribution in [-0.4, -0.2) is 17.4 Å². The van der Waals surface area contributed by atoms with Crippen molar-refractivity contribution in [3.63, 3.8) is 0 Å². The number of halogens is 1. The first-order chi connectivity index (χ1) is 10.1. The van der Waals surface area contributed by atoms with Gasteiger partial charge in [0, 0.05) is 22.9 Å². The molecule has 1 amide bonds. The third-order valence-corrected chi connectivity index (χ3v) is 3.53. The van der Waals surface area contributed by atoms with E-state index >= 15 is 0 Å². The van der Waals surface area contributed by atoms with Crippen LogP contribution in [0.15, 0.2) is 41.0 Å². The van der Waals surface area contributed by atoms with Gasteiger partial charge >= 0.3 is 0 Å². The highest BCUT2D eigenvalue weighted by atomic mass is 79.9. The summed E-state index contributed by atoms with van der Waals surface area (Å²) in [4.78, 5) is 18.6. The van der Waals surface area contributed by atoms with Gasteiger partial charge in [-0.05, 0) is 53.5 Å². The summed E-state index contributed by atoms with van der Waals surface area (Å²) in [6.45, 7) is 4.48. The van der Waals surface area contributed by atoms with Crippen molar-refractivity contribution in [3.8, 4) is 0 Å². The fraction of sp³-hybridized carbons (Fsp3) is 0.200. The number of hydrogen-bond acceptors (Lipinski definition) is 4. The van der Waals surface area contributed by atoms with E-state index in [0.29, 0.717) is 17.9 Å². The minimum absolute atomic E-state index is 0.148. The molecular formula is C15H17BrN4O. The molecule has 1 aromatic carbocycles. The number of pyridine rings is 1. The van der Waals surface area contributed by atoms with Gasteiger partial charge in [0.05, 0.1) is 5.56 Å². The Morgan fingerprint density at radius 3 is 2.81 bits per heavy atom. The van der Waals surface area contributed by atoms with Gasteiger partial charge in [0.1, 0.15) is 0 Å². The van der Waals surface area contributed by atoms with E-state index in [4.69, 9.17) is 5.84 Å². The highest BCUT2D eigenvalue weighted by molar-refractivity contribution is 9.10. The quantitative estimate of drug-likeness (QED) is 0.657. The molecule has 0 spiro atoms. The Hall–Kier alpha value is -1.92. The number of benzene rings is 1. The van der Waals surface area contributed by atoms with Crippen LogP contribution in [0.2, 0.25) is 0 Å². The number of amides is 1. The molecule has 0 fully saturated rings. The van der Waals surface area contributed by atoms with Gasteiger partial charge in [-0.3, -0.25) is 4.79 Å². The van der Waals surface area contributed by atoms with Gasteiger partial charge in [-0.25, -0.2) is 10.8 Å². The lowest BCUT2D eigenvalue weighted by Gasteiger charge is -2.22. The molecule has 0 atom stereocenters. The number of aryl methyl sites for hydroxylation is 1. The molecular weight excluding hydrogens is 332 g/mol. The predicted molar refractivity (Wildman–Crippen MR) is 88.3 cm³/mol. The summed E-state index contributed by atoms with van der Waals surface area (Å²) >= 11 is 3.33. The summed E-state index contributed by atoms with van der Waals surface area (Å²) in [5.74, 6) is 5.65. The highest BCUT2D eigenvalue weighted by Crippen LogP contribution is 2.23. The number of hydrogen-bond donors (Lipinski definition) is 2. The number of nitrogens with one attached hydrogen (secondary N) is 1. The normalized spacial score (nSPS) is 10.3. The third kappa shape index (κ3) is 3.40. The average molecular weight is 349 g/mol. The van der Waals surface area contributed by atoms with Gasteiger partial charge in [0.2, 0.25) is 0 Å². The molecule has 6 heteroatoms. The lowest BCUT2D eigenvalue weighted by molar-refractivity contribution is 0.0988. The number of nitrogens with zero attached hydrogens (tertiary/aromatic N) is 2. The Morgan fingerprint density at radius 2 is 2.19 bits per heavy atom. The van der Waals surface area contributed by atoms with Gasteiger partial charge in [-0.1, -0.05) is 12.1 Å². The SMILES string of the molecule is CCN(C(=O)c1cc(Br)cnc1NN)c1cccc(C)c1. The first kappa shape index (κ1) is 15.5. The predicted octanol–water partition coefficient (Wildman–Crippen LogP) is 3.10. The molecule has 1 heterocycles. The molecule has 0 aliphatic carbocycles. The van der Waals surface area contributed by atoms with Gasteiger partial charge in [-0.15, -0.1) is 0 Å². The Labute approximate surface area is 132 Å². The lowest BCUT2D eigenvalue weighted by atomic mass is 10.1. The van der Waals surface area contributed by atoms with Gasteiger partial charge in [-0.2, -0.15) is 0 Å². The third-order valence-electron chi connectivity index (χ3n) is 3.10. The second-order valence-corrected chi connectivity index (χ2v) is 5.50. The number of carbonyl (C=O) groups is 1. The Bertz CT molecular complexity index is 660. The molecule has 0 bridgehead atoms. The van der Waals surface area contributed by atoms with Crippen LogP contribution in [0.1, 0.15) is 22.8 Å². The Kier molecular flexibility index (Phi) is 4.93. The van der Waals surface area contributed by atoms with Crippen molar-refractivity contribution in [2.45, 2.75) is 13.8 Å². The number of hydrazine groups is 1. The smallest absolute Gasteiger partial charge is 0.262 e. The van der Waals surface area contributed by atoms with Crippen molar-refractivity contribution in [1.82, 2.24) is 4.98 Å². The van der Waals surface area contributed by atoms with Crippen LogP contribution in [-0.2, 0) is 0 Å². The summed E-state index contributed by atoms with van der Waals surface area (Å²) < 4.78 is 0.727. The van der Waals surface area contributed by atoms with Crippen LogP contribution in [0.3, 0.4) is 0 Å². The zero-order valence-corrected chi connectivity index (χ0v) is 13.5. The highest BCUT2D eigenvalue weighted by Gasteiger charge is 2.20. The van der Waals surface area contributed by atoms with Gasteiger partial charge < -0.3 is 10.3 Å². The Morgan fingerprint density at radius 1 is 1.43 bits per heavy atom. The number of nitrogen functional groups attached to an aromatic ring is 1. The van der Waals surface area contributed by atoms with Crippen molar-refractivity contribution in [2.24, 2.45) is 5.84 Å². The lowest BCUT2D eigenvalue weighted by Crippen LogP contribution is -2.32. The van der Waals surface area contributed by atoms with Crippen LogP contribution < -0.4 is 16.2 Å². The zero-order chi connectivity index (χ0) is 15.4. The van der Waals surface area contributed by atoms with E-state index in [0.717, 1.165) is 15.7 Å². The van der Waals surface area contributed by atoms with E-state index in [1.165, 1.54) is 0 Å². The number of carbonyl (C=O) groups excluding carboxylic acids is 1. The van der Waals surface area contributed by atoms with E-state index in [2.05, 4.69) is 26.3 Å². The van der Waals surface area contributed by atoms with E-state index < -0.39 is 0 Å². The second kappa shape index (κ2) is 6.69. The van der Waals surface area contributed by atoms with Crippen molar-refractivity contribution in [1.29, 1.82) is 0 Å². The standard InChI is InChI=1S/C15H17BrN4O/c1-3-20(12-6-4-5-10(2)7-12)15(21)13-8-11(16)9-18-14(13)19-17/h4-9H,3,17H2,1-2H3,(H,18,19). The maximum atomic E-state index is 12.8. The van der Waals surface area contributed by atoms with E-state index in [1.807, 2.05) is 38.1 Å². The topological polar surface area (TPSA) is 71.2 Å². The van der Waals surface area contributed by atoms with E-state index in [-0.39, 0.29) is 5.91 Å². The molecule has 5 nitrogen and oxygen atoms in total. The summed E-state index contributed by atoms with van der Waals surface area (Å²) in [7, 11) is 0. The number of rotatable bonds is 4. The summed E-state index contributed by atoms with van der Waals surface area (Å²) in [5, 5.41) is 0. The zero-order valence-electron chi connectivity index (χ0n) is 11.9. The maximum absolute atomic E-state index is 12.8. The van der Waals surface area contributed by atoms with Crippen LogP contribution in [0.4, 0.5) is 11.5 Å². The first-order valence-electron chi connectivity index (χ1n) is 6.57. The fourth-order valence-electron chi connectivity index (χ4n) is 2.10. The maximum Gasteiger partial charge on any atom is 0.262 e. The van der Waals surface area contributed by atoms with E-state index in [9.17, 15) is 4.79 Å². The molecule has 110 valence electrons. The van der Waals surface area contributed by atoms with Crippen molar-refractivity contribution in [2.75, 3.05) is 16.9 Å². The van der Waals surface area contributed by atoms with Crippen LogP contribution in [0.25, 0.3) is 0 Å². The molecule has 0 saturated carbocycles. The molecule has 2 aromatic rings. The molecule has 0 aliphatic rings. The number of anilines is 2. The molecule has 0 unspecified atom stereocenters. The summed E-state index contributed by atoms with van der Waals surface area (Å²) in [6, 6.07) is 9.53. The molecule has 0 saturated heterocycles. The molecule has 1 aromatic heterocycles. The van der Waals surface area contributed by atoms with E-state index in [1.54, 1.807) is 17.2 Å². The minimum Gasteiger partial charge on any atom is -0.309 e. The summed E-state index contributed by atoms with van der Waals surface area (Å²) in [6.07, 6.45) is 1.59. The van der Waals surface area contributed by atoms with Gasteiger partial charge in [0.25, 0.3) is 5.91 Å². The van der Waals surface area contributed by atoms with Crippen LogP contribution >= 0.6 is 15.9 Å². The van der Waals surface area contributed by atoms with Gasteiger partial charge in [0.15, 0.2) is 5.82 Å². The van der Waals surface area contributed by atoms with Crippen LogP contribution in [0.5, 0.6) is 0 Å². The monoisotopic (exact) mass is 348 g/mol. The molecule has 0 radical (unpaired) electrons. The minimum atomic E-state index is -0.148. The average Bonchev–Trinajstić information content (AvgIpc) is 2.48.